The minimum Gasteiger partial charge on any atom is -0.497 e. The van der Waals surface area contributed by atoms with Gasteiger partial charge in [-0.05, 0) is 24.3 Å². The van der Waals surface area contributed by atoms with E-state index in [-0.39, 0.29) is 30.3 Å². The summed E-state index contributed by atoms with van der Waals surface area (Å²) in [7, 11) is 3.10. The van der Waals surface area contributed by atoms with Gasteiger partial charge >= 0.3 is 0 Å². The number of hydrogen-bond acceptors (Lipinski definition) is 7. The number of carbonyl (C=O) groups is 2. The van der Waals surface area contributed by atoms with Gasteiger partial charge in [0.2, 0.25) is 11.8 Å². The highest BCUT2D eigenvalue weighted by atomic mass is 16.5. The zero-order valence-corrected chi connectivity index (χ0v) is 17.0. The Balaban J connectivity index is 1.36. The molecule has 0 bridgehead atoms. The molecule has 0 aliphatic carbocycles. The molecule has 3 heterocycles. The highest BCUT2D eigenvalue weighted by molar-refractivity contribution is 6.00. The van der Waals surface area contributed by atoms with Crippen LogP contribution in [0.2, 0.25) is 0 Å². The smallest absolute Gasteiger partial charge is 0.278 e. The zero-order valence-electron chi connectivity index (χ0n) is 17.0. The van der Waals surface area contributed by atoms with E-state index in [9.17, 15) is 9.59 Å². The number of anilines is 1. The van der Waals surface area contributed by atoms with Gasteiger partial charge in [0.15, 0.2) is 0 Å². The third-order valence-electron chi connectivity index (χ3n) is 5.42. The Morgan fingerprint density at radius 2 is 1.77 bits per heavy atom. The molecule has 1 aromatic heterocycles. The minimum absolute atomic E-state index is 0.0171. The number of benzene rings is 1. The molecule has 2 unspecified atom stereocenters. The molecule has 2 aromatic rings. The number of aromatic nitrogens is 2. The number of amides is 2. The summed E-state index contributed by atoms with van der Waals surface area (Å²) in [5, 5.41) is 0. The fourth-order valence-corrected chi connectivity index (χ4v) is 3.86. The van der Waals surface area contributed by atoms with Gasteiger partial charge in [-0.1, -0.05) is 0 Å². The van der Waals surface area contributed by atoms with Crippen molar-refractivity contribution >= 4 is 17.5 Å². The van der Waals surface area contributed by atoms with Gasteiger partial charge in [0.1, 0.15) is 11.9 Å². The monoisotopic (exact) mass is 412 g/mol. The second-order valence-corrected chi connectivity index (χ2v) is 7.29. The molecule has 2 fully saturated rings. The van der Waals surface area contributed by atoms with Gasteiger partial charge in [-0.2, -0.15) is 0 Å². The molecule has 0 radical (unpaired) electrons. The van der Waals surface area contributed by atoms with Crippen molar-refractivity contribution in [2.24, 2.45) is 5.92 Å². The normalized spacial score (nSPS) is 21.1. The minimum atomic E-state index is -0.357. The topological polar surface area (TPSA) is 94.1 Å². The van der Waals surface area contributed by atoms with Crippen molar-refractivity contribution in [3.8, 4) is 17.5 Å². The Morgan fingerprint density at radius 3 is 2.47 bits per heavy atom. The first kappa shape index (κ1) is 19.9. The van der Waals surface area contributed by atoms with Crippen LogP contribution in [0.1, 0.15) is 12.8 Å². The van der Waals surface area contributed by atoms with Crippen LogP contribution in [0.3, 0.4) is 0 Å². The van der Waals surface area contributed by atoms with E-state index in [1.54, 1.807) is 29.0 Å². The quantitative estimate of drug-likeness (QED) is 0.710. The van der Waals surface area contributed by atoms with E-state index >= 15 is 0 Å². The van der Waals surface area contributed by atoms with Crippen LogP contribution in [0.5, 0.6) is 17.5 Å². The molecule has 9 nitrogen and oxygen atoms in total. The maximum Gasteiger partial charge on any atom is 0.278 e. The van der Waals surface area contributed by atoms with E-state index in [2.05, 4.69) is 9.97 Å². The summed E-state index contributed by atoms with van der Waals surface area (Å²) < 4.78 is 16.2. The number of carbonyl (C=O) groups excluding carboxylic acids is 2. The van der Waals surface area contributed by atoms with Gasteiger partial charge < -0.3 is 24.0 Å². The molecule has 2 atom stereocenters. The van der Waals surface area contributed by atoms with E-state index in [1.807, 2.05) is 12.1 Å². The average Bonchev–Trinajstić information content (AvgIpc) is 3.40. The molecule has 0 saturated carbocycles. The molecule has 2 amide bonds. The summed E-state index contributed by atoms with van der Waals surface area (Å²) in [6, 6.07) is 7.27. The first-order chi connectivity index (χ1) is 14.6. The number of nitrogens with zero attached hydrogens (tertiary/aromatic N) is 4. The third kappa shape index (κ3) is 4.00. The highest BCUT2D eigenvalue weighted by Gasteiger charge is 2.39. The summed E-state index contributed by atoms with van der Waals surface area (Å²) >= 11 is 0. The summed E-state index contributed by atoms with van der Waals surface area (Å²) in [6.07, 6.45) is 3.78. The van der Waals surface area contributed by atoms with E-state index in [0.717, 1.165) is 11.4 Å². The van der Waals surface area contributed by atoms with Crippen LogP contribution < -0.4 is 19.1 Å². The van der Waals surface area contributed by atoms with Gasteiger partial charge in [0.05, 0.1) is 26.7 Å². The molecular weight excluding hydrogens is 388 g/mol. The molecule has 9 heteroatoms. The average molecular weight is 412 g/mol. The van der Waals surface area contributed by atoms with Crippen molar-refractivity contribution in [3.05, 3.63) is 36.7 Å². The second kappa shape index (κ2) is 8.56. The number of rotatable bonds is 6. The number of ether oxygens (including phenoxy) is 3. The van der Waals surface area contributed by atoms with Crippen LogP contribution >= 0.6 is 0 Å². The molecule has 30 heavy (non-hydrogen) atoms. The maximum atomic E-state index is 13.0. The molecule has 0 N–H and O–H groups in total. The van der Waals surface area contributed by atoms with Crippen LogP contribution in [0.25, 0.3) is 0 Å². The molecule has 2 aliphatic rings. The van der Waals surface area contributed by atoms with Crippen molar-refractivity contribution < 1.29 is 23.8 Å². The lowest BCUT2D eigenvalue weighted by molar-refractivity contribution is -0.135. The second-order valence-electron chi connectivity index (χ2n) is 7.29. The SMILES string of the molecule is COc1ccc(N2CC(C(=O)N3CCC(Oc4nccnc4OC)C3)CC2=O)cc1. The Kier molecular flexibility index (Phi) is 5.69. The fraction of sp³-hybridized carbons (Fsp3) is 0.429. The largest absolute Gasteiger partial charge is 0.497 e. The molecule has 4 rings (SSSR count). The van der Waals surface area contributed by atoms with Gasteiger partial charge in [-0.3, -0.25) is 9.59 Å². The molecule has 0 spiro atoms. The van der Waals surface area contributed by atoms with Gasteiger partial charge in [-0.15, -0.1) is 0 Å². The lowest BCUT2D eigenvalue weighted by atomic mass is 10.1. The number of hydrogen-bond donors (Lipinski definition) is 0. The number of likely N-dealkylation sites (tertiary alicyclic amines) is 1. The van der Waals surface area contributed by atoms with Crippen LogP contribution in [0.4, 0.5) is 5.69 Å². The van der Waals surface area contributed by atoms with Crippen molar-refractivity contribution in [1.82, 2.24) is 14.9 Å². The van der Waals surface area contributed by atoms with E-state index in [1.165, 1.54) is 19.5 Å². The standard InChI is InChI=1S/C21H24N4O5/c1-28-16-5-3-15(4-6-16)25-12-14(11-18(25)26)21(27)24-10-7-17(13-24)30-20-19(29-2)22-8-9-23-20/h3-6,8-9,14,17H,7,10-13H2,1-2H3. The Morgan fingerprint density at radius 1 is 1.03 bits per heavy atom. The summed E-state index contributed by atoms with van der Waals surface area (Å²) in [6.45, 7) is 1.41. The Labute approximate surface area is 174 Å². The Hall–Kier alpha value is -3.36. The van der Waals surface area contributed by atoms with Gasteiger partial charge in [0, 0.05) is 44.0 Å². The van der Waals surface area contributed by atoms with Crippen LogP contribution in [-0.4, -0.2) is 66.6 Å². The van der Waals surface area contributed by atoms with Crippen molar-refractivity contribution in [2.45, 2.75) is 18.9 Å². The molecule has 2 aliphatic heterocycles. The maximum absolute atomic E-state index is 13.0. The number of methoxy groups -OCH3 is 2. The predicted octanol–water partition coefficient (Wildman–Crippen LogP) is 1.53. The van der Waals surface area contributed by atoms with Crippen LogP contribution in [-0.2, 0) is 9.59 Å². The van der Waals surface area contributed by atoms with E-state index in [4.69, 9.17) is 14.2 Å². The zero-order chi connectivity index (χ0) is 21.1. The lowest BCUT2D eigenvalue weighted by Crippen LogP contribution is -2.37. The molecule has 2 saturated heterocycles. The summed E-state index contributed by atoms with van der Waals surface area (Å²) in [4.78, 5) is 37.2. The van der Waals surface area contributed by atoms with Crippen LogP contribution in [0.15, 0.2) is 36.7 Å². The Bertz CT molecular complexity index is 920. The van der Waals surface area contributed by atoms with Crippen molar-refractivity contribution in [3.63, 3.8) is 0 Å². The van der Waals surface area contributed by atoms with Gasteiger partial charge in [-0.25, -0.2) is 9.97 Å². The first-order valence-electron chi connectivity index (χ1n) is 9.84. The predicted molar refractivity (Wildman–Crippen MR) is 108 cm³/mol. The molecule has 158 valence electrons. The third-order valence-corrected chi connectivity index (χ3v) is 5.42. The van der Waals surface area contributed by atoms with Crippen molar-refractivity contribution in [1.29, 1.82) is 0 Å². The first-order valence-corrected chi connectivity index (χ1v) is 9.84. The summed E-state index contributed by atoms with van der Waals surface area (Å²) in [5.74, 6) is 0.941. The summed E-state index contributed by atoms with van der Waals surface area (Å²) in [5.41, 5.74) is 0.772. The molecular formula is C21H24N4O5. The van der Waals surface area contributed by atoms with E-state index < -0.39 is 0 Å². The van der Waals surface area contributed by atoms with Gasteiger partial charge in [0.25, 0.3) is 11.8 Å². The molecule has 1 aromatic carbocycles. The van der Waals surface area contributed by atoms with Crippen molar-refractivity contribution in [2.75, 3.05) is 38.8 Å². The van der Waals surface area contributed by atoms with Crippen LogP contribution in [0, 0.1) is 5.92 Å². The lowest BCUT2D eigenvalue weighted by Gasteiger charge is -2.21. The fourth-order valence-electron chi connectivity index (χ4n) is 3.86. The van der Waals surface area contributed by atoms with E-state index in [0.29, 0.717) is 37.8 Å². The highest BCUT2D eigenvalue weighted by Crippen LogP contribution is 2.29.